The van der Waals surface area contributed by atoms with Gasteiger partial charge in [-0.1, -0.05) is 42.5 Å². The molecular formula is C21H22N2O3. The van der Waals surface area contributed by atoms with Crippen molar-refractivity contribution in [3.63, 3.8) is 0 Å². The summed E-state index contributed by atoms with van der Waals surface area (Å²) in [7, 11) is 0. The summed E-state index contributed by atoms with van der Waals surface area (Å²) in [6, 6.07) is 15.6. The van der Waals surface area contributed by atoms with Crippen molar-refractivity contribution in [2.45, 2.75) is 26.8 Å². The third kappa shape index (κ3) is 3.77. The van der Waals surface area contributed by atoms with Gasteiger partial charge in [0, 0.05) is 0 Å². The molecule has 1 atom stereocenters. The van der Waals surface area contributed by atoms with Crippen LogP contribution in [0.3, 0.4) is 0 Å². The zero-order chi connectivity index (χ0) is 18.7. The second-order valence-corrected chi connectivity index (χ2v) is 6.37. The van der Waals surface area contributed by atoms with Crippen molar-refractivity contribution in [1.82, 2.24) is 10.6 Å². The molecule has 26 heavy (non-hydrogen) atoms. The highest BCUT2D eigenvalue weighted by molar-refractivity contribution is 5.97. The lowest BCUT2D eigenvalue weighted by Crippen LogP contribution is -2.38. The monoisotopic (exact) mass is 350 g/mol. The van der Waals surface area contributed by atoms with E-state index in [1.165, 1.54) is 0 Å². The Labute approximate surface area is 152 Å². The maximum Gasteiger partial charge on any atom is 0.255 e. The molecule has 5 nitrogen and oxygen atoms in total. The summed E-state index contributed by atoms with van der Waals surface area (Å²) in [6.45, 7) is 5.36. The first kappa shape index (κ1) is 17.7. The number of benzene rings is 2. The molecule has 0 bridgehead atoms. The minimum absolute atomic E-state index is 0.0857. The molecule has 1 unspecified atom stereocenters. The Morgan fingerprint density at radius 3 is 2.54 bits per heavy atom. The number of rotatable bonds is 5. The molecule has 3 rings (SSSR count). The molecule has 3 aromatic rings. The summed E-state index contributed by atoms with van der Waals surface area (Å²) in [4.78, 5) is 24.4. The van der Waals surface area contributed by atoms with Gasteiger partial charge in [-0.25, -0.2) is 0 Å². The van der Waals surface area contributed by atoms with Crippen LogP contribution in [0.2, 0.25) is 0 Å². The van der Waals surface area contributed by atoms with E-state index in [2.05, 4.69) is 10.6 Å². The van der Waals surface area contributed by atoms with Gasteiger partial charge in [0.2, 0.25) is 5.91 Å². The Balaban J connectivity index is 1.62. The number of amides is 2. The fourth-order valence-electron chi connectivity index (χ4n) is 3.11. The SMILES string of the molecule is Cc1cc(C(=O)NCC(=O)NC(C)c2cccc3ccccc23)c(C)o1. The van der Waals surface area contributed by atoms with Gasteiger partial charge in [0.05, 0.1) is 18.2 Å². The van der Waals surface area contributed by atoms with Crippen LogP contribution in [0.5, 0.6) is 0 Å². The standard InChI is InChI=1S/C21H22N2O3/c1-13-11-19(15(3)26-13)21(25)22-12-20(24)23-14(2)17-10-6-8-16-7-4-5-9-18(16)17/h4-11,14H,12H2,1-3H3,(H,22,25)(H,23,24). The molecule has 0 aliphatic rings. The molecule has 0 saturated carbocycles. The summed E-state index contributed by atoms with van der Waals surface area (Å²) in [5.41, 5.74) is 1.50. The summed E-state index contributed by atoms with van der Waals surface area (Å²) in [5, 5.41) is 7.81. The van der Waals surface area contributed by atoms with Crippen LogP contribution in [0.15, 0.2) is 52.9 Å². The second kappa shape index (κ2) is 7.44. The van der Waals surface area contributed by atoms with Gasteiger partial charge in [0.25, 0.3) is 5.91 Å². The molecule has 2 aromatic carbocycles. The zero-order valence-corrected chi connectivity index (χ0v) is 15.1. The number of carbonyl (C=O) groups excluding carboxylic acids is 2. The van der Waals surface area contributed by atoms with Crippen LogP contribution in [0.25, 0.3) is 10.8 Å². The van der Waals surface area contributed by atoms with Gasteiger partial charge in [-0.2, -0.15) is 0 Å². The Morgan fingerprint density at radius 2 is 1.81 bits per heavy atom. The first-order valence-corrected chi connectivity index (χ1v) is 8.58. The summed E-state index contributed by atoms with van der Waals surface area (Å²) < 4.78 is 5.34. The summed E-state index contributed by atoms with van der Waals surface area (Å²) in [5.74, 6) is 0.662. The van der Waals surface area contributed by atoms with Crippen molar-refractivity contribution < 1.29 is 14.0 Å². The highest BCUT2D eigenvalue weighted by Crippen LogP contribution is 2.23. The Kier molecular flexibility index (Phi) is 5.07. The van der Waals surface area contributed by atoms with Crippen molar-refractivity contribution in [3.8, 4) is 0 Å². The van der Waals surface area contributed by atoms with Gasteiger partial charge in [0.1, 0.15) is 11.5 Å². The van der Waals surface area contributed by atoms with Gasteiger partial charge in [0.15, 0.2) is 0 Å². The Hall–Kier alpha value is -3.08. The average molecular weight is 350 g/mol. The highest BCUT2D eigenvalue weighted by Gasteiger charge is 2.16. The van der Waals surface area contributed by atoms with E-state index in [0.717, 1.165) is 16.3 Å². The number of carbonyl (C=O) groups is 2. The fraction of sp³-hybridized carbons (Fsp3) is 0.238. The zero-order valence-electron chi connectivity index (χ0n) is 15.1. The van der Waals surface area contributed by atoms with Crippen LogP contribution in [0, 0.1) is 13.8 Å². The summed E-state index contributed by atoms with van der Waals surface area (Å²) >= 11 is 0. The van der Waals surface area contributed by atoms with Crippen molar-refractivity contribution in [2.75, 3.05) is 6.54 Å². The molecule has 1 heterocycles. The van der Waals surface area contributed by atoms with E-state index in [1.807, 2.05) is 49.4 Å². The minimum atomic E-state index is -0.313. The predicted molar refractivity (Wildman–Crippen MR) is 101 cm³/mol. The van der Waals surface area contributed by atoms with Crippen molar-refractivity contribution in [1.29, 1.82) is 0 Å². The average Bonchev–Trinajstić information content (AvgIpc) is 2.97. The molecule has 0 fully saturated rings. The van der Waals surface area contributed by atoms with Crippen LogP contribution >= 0.6 is 0 Å². The third-order valence-electron chi connectivity index (χ3n) is 4.36. The number of hydrogen-bond acceptors (Lipinski definition) is 3. The molecule has 2 N–H and O–H groups in total. The maximum absolute atomic E-state index is 12.2. The van der Waals surface area contributed by atoms with Gasteiger partial charge in [-0.05, 0) is 43.2 Å². The van der Waals surface area contributed by atoms with E-state index >= 15 is 0 Å². The van der Waals surface area contributed by atoms with Crippen molar-refractivity contribution in [3.05, 3.63) is 71.2 Å². The number of nitrogens with one attached hydrogen (secondary N) is 2. The van der Waals surface area contributed by atoms with E-state index in [1.54, 1.807) is 19.9 Å². The van der Waals surface area contributed by atoms with Crippen molar-refractivity contribution in [2.24, 2.45) is 0 Å². The van der Waals surface area contributed by atoms with Gasteiger partial charge in [-0.15, -0.1) is 0 Å². The third-order valence-corrected chi connectivity index (χ3v) is 4.36. The summed E-state index contributed by atoms with van der Waals surface area (Å²) in [6.07, 6.45) is 0. The minimum Gasteiger partial charge on any atom is -0.466 e. The molecule has 0 spiro atoms. The molecule has 0 saturated heterocycles. The number of aryl methyl sites for hydroxylation is 2. The van der Waals surface area contributed by atoms with Crippen molar-refractivity contribution >= 4 is 22.6 Å². The molecule has 2 amide bonds. The van der Waals surface area contributed by atoms with Gasteiger partial charge >= 0.3 is 0 Å². The maximum atomic E-state index is 12.2. The predicted octanol–water partition coefficient (Wildman–Crippen LogP) is 3.66. The molecule has 134 valence electrons. The highest BCUT2D eigenvalue weighted by atomic mass is 16.3. The van der Waals surface area contributed by atoms with E-state index in [0.29, 0.717) is 17.1 Å². The lowest BCUT2D eigenvalue weighted by Gasteiger charge is -2.17. The quantitative estimate of drug-likeness (QED) is 0.738. The normalized spacial score (nSPS) is 12.0. The van der Waals surface area contributed by atoms with E-state index < -0.39 is 0 Å². The van der Waals surface area contributed by atoms with Gasteiger partial charge in [-0.3, -0.25) is 9.59 Å². The topological polar surface area (TPSA) is 71.3 Å². The van der Waals surface area contributed by atoms with Crippen LogP contribution in [-0.2, 0) is 4.79 Å². The number of hydrogen-bond donors (Lipinski definition) is 2. The van der Waals surface area contributed by atoms with E-state index in [4.69, 9.17) is 4.42 Å². The first-order valence-electron chi connectivity index (χ1n) is 8.58. The van der Waals surface area contributed by atoms with Gasteiger partial charge < -0.3 is 15.1 Å². The number of furan rings is 1. The van der Waals surface area contributed by atoms with Crippen LogP contribution < -0.4 is 10.6 Å². The molecule has 0 aliphatic heterocycles. The van der Waals surface area contributed by atoms with Crippen LogP contribution in [0.4, 0.5) is 0 Å². The van der Waals surface area contributed by atoms with E-state index in [9.17, 15) is 9.59 Å². The van der Waals surface area contributed by atoms with Crippen LogP contribution in [-0.4, -0.2) is 18.4 Å². The molecule has 0 radical (unpaired) electrons. The molecule has 5 heteroatoms. The van der Waals surface area contributed by atoms with E-state index in [-0.39, 0.29) is 24.4 Å². The molecule has 1 aromatic heterocycles. The first-order chi connectivity index (χ1) is 12.5. The largest absolute Gasteiger partial charge is 0.466 e. The number of fused-ring (bicyclic) bond motifs is 1. The lowest BCUT2D eigenvalue weighted by atomic mass is 10.00. The smallest absolute Gasteiger partial charge is 0.255 e. The molecule has 0 aliphatic carbocycles. The van der Waals surface area contributed by atoms with Crippen LogP contribution in [0.1, 0.15) is 40.4 Å². The Bertz CT molecular complexity index is 954. The second-order valence-electron chi connectivity index (χ2n) is 6.37. The Morgan fingerprint density at radius 1 is 1.08 bits per heavy atom. The molecular weight excluding hydrogens is 328 g/mol. The lowest BCUT2D eigenvalue weighted by molar-refractivity contribution is -0.120. The fourth-order valence-corrected chi connectivity index (χ4v) is 3.11.